The van der Waals surface area contributed by atoms with E-state index in [-0.39, 0.29) is 31.0 Å². The van der Waals surface area contributed by atoms with E-state index in [1.807, 2.05) is 0 Å². The van der Waals surface area contributed by atoms with Gasteiger partial charge in [-0.1, -0.05) is 0 Å². The van der Waals surface area contributed by atoms with Crippen LogP contribution >= 0.6 is 0 Å². The zero-order valence-electron chi connectivity index (χ0n) is 15.6. The Bertz CT molecular complexity index is 1010. The molecule has 0 spiro atoms. The van der Waals surface area contributed by atoms with E-state index in [2.05, 4.69) is 10.2 Å². The zero-order valence-corrected chi connectivity index (χ0v) is 15.6. The standard InChI is InChI=1S/C17H15F6N5O3/c18-10-6-12(20)11(19)4-8(10)3-9(31-16(24)30)5-14(29)27-1-2-28-13(7-27)25-26-15(28)17(21,22)23/h4,6,9H,1-3,5,7H2,(H2,24,30). The summed E-state index contributed by atoms with van der Waals surface area (Å²) in [5.41, 5.74) is 4.60. The highest BCUT2D eigenvalue weighted by Crippen LogP contribution is 2.29. The molecular formula is C17H15F6N5O3. The lowest BCUT2D eigenvalue weighted by Crippen LogP contribution is -2.41. The first-order valence-electron chi connectivity index (χ1n) is 8.82. The van der Waals surface area contributed by atoms with Crippen LogP contribution in [0.25, 0.3) is 0 Å². The SMILES string of the molecule is NC(=O)OC(CC(=O)N1CCn2c(nnc2C(F)(F)F)C1)Cc1cc(F)c(F)cc1F. The Balaban J connectivity index is 1.72. The van der Waals surface area contributed by atoms with Gasteiger partial charge in [-0.2, -0.15) is 13.2 Å². The summed E-state index contributed by atoms with van der Waals surface area (Å²) < 4.78 is 84.8. The largest absolute Gasteiger partial charge is 0.451 e. The van der Waals surface area contributed by atoms with Crippen molar-refractivity contribution in [3.63, 3.8) is 0 Å². The first-order valence-corrected chi connectivity index (χ1v) is 8.82. The smallest absolute Gasteiger partial charge is 0.445 e. The molecule has 0 fully saturated rings. The van der Waals surface area contributed by atoms with Gasteiger partial charge in [0.15, 0.2) is 17.5 Å². The van der Waals surface area contributed by atoms with Crippen LogP contribution in [0.1, 0.15) is 23.6 Å². The van der Waals surface area contributed by atoms with E-state index in [0.717, 1.165) is 9.47 Å². The van der Waals surface area contributed by atoms with Crippen LogP contribution < -0.4 is 5.73 Å². The minimum absolute atomic E-state index is 0.0917. The third kappa shape index (κ3) is 5.06. The number of nitrogens with two attached hydrogens (primary N) is 1. The number of carbonyl (C=O) groups is 2. The molecule has 0 aliphatic carbocycles. The maximum Gasteiger partial charge on any atom is 0.451 e. The van der Waals surface area contributed by atoms with Gasteiger partial charge in [-0.3, -0.25) is 4.79 Å². The summed E-state index contributed by atoms with van der Waals surface area (Å²) in [6.07, 6.45) is -8.32. The van der Waals surface area contributed by atoms with Gasteiger partial charge in [0.05, 0.1) is 13.0 Å². The monoisotopic (exact) mass is 451 g/mol. The van der Waals surface area contributed by atoms with Crippen molar-refractivity contribution in [2.75, 3.05) is 6.54 Å². The lowest BCUT2D eigenvalue weighted by Gasteiger charge is -2.29. The number of aromatic nitrogens is 3. The number of alkyl halides is 3. The molecule has 31 heavy (non-hydrogen) atoms. The Morgan fingerprint density at radius 3 is 2.42 bits per heavy atom. The average molecular weight is 451 g/mol. The van der Waals surface area contributed by atoms with Crippen molar-refractivity contribution < 1.29 is 40.7 Å². The third-order valence-electron chi connectivity index (χ3n) is 4.58. The van der Waals surface area contributed by atoms with Crippen LogP contribution in [0.15, 0.2) is 12.1 Å². The van der Waals surface area contributed by atoms with Gasteiger partial charge in [-0.05, 0) is 11.6 Å². The second-order valence-electron chi connectivity index (χ2n) is 6.73. The molecule has 1 aliphatic rings. The summed E-state index contributed by atoms with van der Waals surface area (Å²) in [5.74, 6) is -5.80. The van der Waals surface area contributed by atoms with Crippen LogP contribution in [0, 0.1) is 17.5 Å². The normalized spacial score (nSPS) is 14.8. The van der Waals surface area contributed by atoms with E-state index in [1.54, 1.807) is 0 Å². The number of benzene rings is 1. The lowest BCUT2D eigenvalue weighted by molar-refractivity contribution is -0.148. The Morgan fingerprint density at radius 1 is 1.10 bits per heavy atom. The molecule has 2 aromatic rings. The van der Waals surface area contributed by atoms with Crippen molar-refractivity contribution in [2.45, 2.75) is 38.2 Å². The number of halogens is 6. The summed E-state index contributed by atoms with van der Waals surface area (Å²) >= 11 is 0. The Labute approximate surface area is 170 Å². The second-order valence-corrected chi connectivity index (χ2v) is 6.73. The fourth-order valence-electron chi connectivity index (χ4n) is 3.19. The van der Waals surface area contributed by atoms with E-state index < -0.39 is 60.4 Å². The summed E-state index contributed by atoms with van der Waals surface area (Å²) in [6.45, 7) is -0.622. The topological polar surface area (TPSA) is 103 Å². The average Bonchev–Trinajstić information content (AvgIpc) is 3.09. The van der Waals surface area contributed by atoms with Gasteiger partial charge in [0.2, 0.25) is 11.7 Å². The molecule has 1 atom stereocenters. The summed E-state index contributed by atoms with van der Waals surface area (Å²) in [7, 11) is 0. The summed E-state index contributed by atoms with van der Waals surface area (Å²) in [4.78, 5) is 24.9. The molecule has 0 radical (unpaired) electrons. The molecule has 1 unspecified atom stereocenters. The molecule has 2 amide bonds. The van der Waals surface area contributed by atoms with Crippen LogP contribution in [-0.4, -0.2) is 44.3 Å². The number of primary amides is 1. The van der Waals surface area contributed by atoms with Crippen LogP contribution in [0.5, 0.6) is 0 Å². The molecule has 168 valence electrons. The molecule has 1 aliphatic heterocycles. The number of rotatable bonds is 5. The van der Waals surface area contributed by atoms with Gasteiger partial charge in [-0.25, -0.2) is 18.0 Å². The highest BCUT2D eigenvalue weighted by molar-refractivity contribution is 5.77. The number of hydrogen-bond acceptors (Lipinski definition) is 5. The number of nitrogens with zero attached hydrogens (tertiary/aromatic N) is 4. The van der Waals surface area contributed by atoms with E-state index in [1.165, 1.54) is 0 Å². The molecule has 0 bridgehead atoms. The van der Waals surface area contributed by atoms with Crippen molar-refractivity contribution in [3.8, 4) is 0 Å². The van der Waals surface area contributed by atoms with Gasteiger partial charge < -0.3 is 19.9 Å². The first-order chi connectivity index (χ1) is 14.5. The predicted octanol–water partition coefficient (Wildman–Crippen LogP) is 2.15. The van der Waals surface area contributed by atoms with Gasteiger partial charge >= 0.3 is 12.3 Å². The van der Waals surface area contributed by atoms with Crippen LogP contribution in [0.4, 0.5) is 31.1 Å². The van der Waals surface area contributed by atoms with Gasteiger partial charge in [0.25, 0.3) is 0 Å². The molecule has 1 aromatic heterocycles. The summed E-state index contributed by atoms with van der Waals surface area (Å²) in [6, 6.07) is 0.873. The maximum atomic E-state index is 13.9. The van der Waals surface area contributed by atoms with Crippen LogP contribution in [-0.2, 0) is 35.2 Å². The zero-order chi connectivity index (χ0) is 22.9. The van der Waals surface area contributed by atoms with Gasteiger partial charge in [0, 0.05) is 25.6 Å². The third-order valence-corrected chi connectivity index (χ3v) is 4.58. The molecule has 2 N–H and O–H groups in total. The number of ether oxygens (including phenoxy) is 1. The highest BCUT2D eigenvalue weighted by atomic mass is 19.4. The van der Waals surface area contributed by atoms with Gasteiger partial charge in [-0.15, -0.1) is 10.2 Å². The van der Waals surface area contributed by atoms with E-state index in [4.69, 9.17) is 10.5 Å². The molecule has 2 heterocycles. The van der Waals surface area contributed by atoms with Crippen molar-refractivity contribution >= 4 is 12.0 Å². The molecule has 3 rings (SSSR count). The predicted molar refractivity (Wildman–Crippen MR) is 89.5 cm³/mol. The summed E-state index contributed by atoms with van der Waals surface area (Å²) in [5, 5.41) is 6.55. The molecule has 14 heteroatoms. The van der Waals surface area contributed by atoms with Crippen molar-refractivity contribution in [1.29, 1.82) is 0 Å². The highest BCUT2D eigenvalue weighted by Gasteiger charge is 2.40. The number of hydrogen-bond donors (Lipinski definition) is 1. The minimum atomic E-state index is -4.70. The Hall–Kier alpha value is -3.32. The van der Waals surface area contributed by atoms with E-state index in [9.17, 15) is 35.9 Å². The minimum Gasteiger partial charge on any atom is -0.445 e. The van der Waals surface area contributed by atoms with E-state index >= 15 is 0 Å². The van der Waals surface area contributed by atoms with Crippen LogP contribution in [0.2, 0.25) is 0 Å². The first kappa shape index (κ1) is 22.4. The van der Waals surface area contributed by atoms with Crippen molar-refractivity contribution in [2.24, 2.45) is 5.73 Å². The molecule has 0 saturated heterocycles. The Morgan fingerprint density at radius 2 is 1.77 bits per heavy atom. The fraction of sp³-hybridized carbons (Fsp3) is 0.412. The molecule has 8 nitrogen and oxygen atoms in total. The number of amides is 2. The number of fused-ring (bicyclic) bond motifs is 1. The Kier molecular flexibility index (Phi) is 6.08. The van der Waals surface area contributed by atoms with Crippen LogP contribution in [0.3, 0.4) is 0 Å². The fourth-order valence-corrected chi connectivity index (χ4v) is 3.19. The number of carbonyl (C=O) groups excluding carboxylic acids is 2. The van der Waals surface area contributed by atoms with Crippen molar-refractivity contribution in [1.82, 2.24) is 19.7 Å². The lowest BCUT2D eigenvalue weighted by atomic mass is 10.0. The van der Waals surface area contributed by atoms with E-state index in [0.29, 0.717) is 12.1 Å². The van der Waals surface area contributed by atoms with Crippen molar-refractivity contribution in [3.05, 3.63) is 46.8 Å². The molecular weight excluding hydrogens is 436 g/mol. The second kappa shape index (κ2) is 8.43. The quantitative estimate of drug-likeness (QED) is 0.555. The van der Waals surface area contributed by atoms with Gasteiger partial charge in [0.1, 0.15) is 11.9 Å². The molecule has 0 saturated carbocycles. The maximum absolute atomic E-state index is 13.9. The molecule has 1 aromatic carbocycles.